The second-order valence-corrected chi connectivity index (χ2v) is 5.51. The van der Waals surface area contributed by atoms with E-state index in [9.17, 15) is 5.11 Å². The number of rotatable bonds is 1. The molecule has 4 nitrogen and oxygen atoms in total. The first-order valence-electron chi connectivity index (χ1n) is 6.50. The number of hydrogen-bond acceptors (Lipinski definition) is 4. The third kappa shape index (κ3) is 1.88. The van der Waals surface area contributed by atoms with E-state index in [-0.39, 0.29) is 0 Å². The lowest BCUT2D eigenvalue weighted by molar-refractivity contribution is -0.0906. The average molecular weight is 226 g/mol. The van der Waals surface area contributed by atoms with Crippen molar-refractivity contribution in [2.75, 3.05) is 33.2 Å². The number of aliphatic hydroxyl groups is 1. The Kier molecular flexibility index (Phi) is 2.92. The van der Waals surface area contributed by atoms with Crippen LogP contribution < -0.4 is 0 Å². The van der Waals surface area contributed by atoms with E-state index < -0.39 is 6.29 Å². The molecule has 1 unspecified atom stereocenters. The smallest absolute Gasteiger partial charge is 0.155 e. The van der Waals surface area contributed by atoms with Gasteiger partial charge in [0.05, 0.1) is 6.10 Å². The van der Waals surface area contributed by atoms with Crippen LogP contribution in [0.2, 0.25) is 0 Å². The van der Waals surface area contributed by atoms with Crippen molar-refractivity contribution in [3.63, 3.8) is 0 Å². The molecule has 0 aromatic rings. The Labute approximate surface area is 97.2 Å². The SMILES string of the molecule is CN1CCN([C@@H]2CC[C@H]3OC(O)C[C@@H]23)CC1. The molecular formula is C12H22N2O2. The Morgan fingerprint density at radius 3 is 2.62 bits per heavy atom. The number of fused-ring (bicyclic) bond motifs is 1. The van der Waals surface area contributed by atoms with E-state index in [4.69, 9.17) is 4.74 Å². The van der Waals surface area contributed by atoms with Crippen molar-refractivity contribution in [3.8, 4) is 0 Å². The van der Waals surface area contributed by atoms with Crippen LogP contribution in [0.15, 0.2) is 0 Å². The predicted octanol–water partition coefficient (Wildman–Crippen LogP) is 0.120. The van der Waals surface area contributed by atoms with Crippen molar-refractivity contribution >= 4 is 0 Å². The largest absolute Gasteiger partial charge is 0.368 e. The van der Waals surface area contributed by atoms with Crippen LogP contribution in [0.3, 0.4) is 0 Å². The number of hydrogen-bond donors (Lipinski definition) is 1. The summed E-state index contributed by atoms with van der Waals surface area (Å²) in [5.41, 5.74) is 0. The van der Waals surface area contributed by atoms with Gasteiger partial charge >= 0.3 is 0 Å². The van der Waals surface area contributed by atoms with E-state index in [1.54, 1.807) is 0 Å². The molecule has 1 aliphatic carbocycles. The summed E-state index contributed by atoms with van der Waals surface area (Å²) in [6.07, 6.45) is 3.08. The van der Waals surface area contributed by atoms with E-state index in [1.807, 2.05) is 0 Å². The molecule has 4 atom stereocenters. The van der Waals surface area contributed by atoms with Gasteiger partial charge in [0.15, 0.2) is 6.29 Å². The van der Waals surface area contributed by atoms with Gasteiger partial charge in [-0.1, -0.05) is 0 Å². The lowest BCUT2D eigenvalue weighted by Gasteiger charge is -2.38. The normalized spacial score (nSPS) is 46.1. The van der Waals surface area contributed by atoms with Crippen LogP contribution in [0.25, 0.3) is 0 Å². The number of piperazine rings is 1. The molecule has 3 rings (SSSR count). The summed E-state index contributed by atoms with van der Waals surface area (Å²) in [5, 5.41) is 9.54. The van der Waals surface area contributed by atoms with Gasteiger partial charge in [-0.3, -0.25) is 4.90 Å². The molecule has 2 saturated heterocycles. The van der Waals surface area contributed by atoms with Gasteiger partial charge < -0.3 is 14.7 Å². The Bertz CT molecular complexity index is 253. The maximum atomic E-state index is 9.54. The Morgan fingerprint density at radius 2 is 1.88 bits per heavy atom. The minimum atomic E-state index is -0.495. The van der Waals surface area contributed by atoms with Crippen LogP contribution in [0.4, 0.5) is 0 Å². The monoisotopic (exact) mass is 226 g/mol. The molecule has 16 heavy (non-hydrogen) atoms. The van der Waals surface area contributed by atoms with Crippen LogP contribution >= 0.6 is 0 Å². The quantitative estimate of drug-likeness (QED) is 0.689. The maximum Gasteiger partial charge on any atom is 0.155 e. The standard InChI is InChI=1S/C12H22N2O2/c1-13-4-6-14(7-5-13)10-2-3-11-9(10)8-12(15)16-11/h9-12,15H,2-8H2,1H3/t9-,10+,11+,12?/m0/s1. The van der Waals surface area contributed by atoms with Crippen molar-refractivity contribution in [1.82, 2.24) is 9.80 Å². The lowest BCUT2D eigenvalue weighted by atomic mass is 9.98. The first kappa shape index (κ1) is 11.0. The molecular weight excluding hydrogens is 204 g/mol. The molecule has 2 aliphatic heterocycles. The van der Waals surface area contributed by atoms with Gasteiger partial charge in [-0.2, -0.15) is 0 Å². The highest BCUT2D eigenvalue weighted by Gasteiger charge is 2.46. The Hall–Kier alpha value is -0.160. The Morgan fingerprint density at radius 1 is 1.12 bits per heavy atom. The summed E-state index contributed by atoms with van der Waals surface area (Å²) in [6.45, 7) is 4.72. The summed E-state index contributed by atoms with van der Waals surface area (Å²) in [7, 11) is 2.19. The molecule has 1 N–H and O–H groups in total. The van der Waals surface area contributed by atoms with E-state index >= 15 is 0 Å². The van der Waals surface area contributed by atoms with Gasteiger partial charge in [0.25, 0.3) is 0 Å². The molecule has 3 aliphatic rings. The van der Waals surface area contributed by atoms with Crippen molar-refractivity contribution in [1.29, 1.82) is 0 Å². The third-order valence-electron chi connectivity index (χ3n) is 4.53. The van der Waals surface area contributed by atoms with Gasteiger partial charge in [-0.25, -0.2) is 0 Å². The second-order valence-electron chi connectivity index (χ2n) is 5.51. The highest BCUT2D eigenvalue weighted by molar-refractivity contribution is 4.96. The van der Waals surface area contributed by atoms with Crippen molar-refractivity contribution in [2.45, 2.75) is 37.7 Å². The fourth-order valence-electron chi connectivity index (χ4n) is 3.59. The zero-order valence-electron chi connectivity index (χ0n) is 10.0. The van der Waals surface area contributed by atoms with Crippen LogP contribution in [0.1, 0.15) is 19.3 Å². The number of aliphatic hydroxyl groups excluding tert-OH is 1. The maximum absolute atomic E-state index is 9.54. The van der Waals surface area contributed by atoms with Gasteiger partial charge in [0, 0.05) is 44.6 Å². The van der Waals surface area contributed by atoms with E-state index in [0.29, 0.717) is 18.1 Å². The van der Waals surface area contributed by atoms with Gasteiger partial charge in [-0.05, 0) is 19.9 Å². The molecule has 92 valence electrons. The average Bonchev–Trinajstić information content (AvgIpc) is 2.78. The van der Waals surface area contributed by atoms with E-state index in [1.165, 1.54) is 32.6 Å². The van der Waals surface area contributed by atoms with Crippen molar-refractivity contribution < 1.29 is 9.84 Å². The molecule has 4 heteroatoms. The highest BCUT2D eigenvalue weighted by atomic mass is 16.6. The third-order valence-corrected chi connectivity index (χ3v) is 4.53. The van der Waals surface area contributed by atoms with Crippen molar-refractivity contribution in [2.24, 2.45) is 5.92 Å². The highest BCUT2D eigenvalue weighted by Crippen LogP contribution is 2.41. The first-order chi connectivity index (χ1) is 7.74. The molecule has 0 aromatic heterocycles. The summed E-state index contributed by atoms with van der Waals surface area (Å²) < 4.78 is 5.55. The topological polar surface area (TPSA) is 35.9 Å². The summed E-state index contributed by atoms with van der Waals surface area (Å²) in [4.78, 5) is 5.01. The van der Waals surface area contributed by atoms with E-state index in [0.717, 1.165) is 12.8 Å². The van der Waals surface area contributed by atoms with Gasteiger partial charge in [0.1, 0.15) is 0 Å². The van der Waals surface area contributed by atoms with Crippen LogP contribution in [-0.4, -0.2) is 66.6 Å². The minimum Gasteiger partial charge on any atom is -0.368 e. The lowest BCUT2D eigenvalue weighted by Crippen LogP contribution is -2.50. The number of likely N-dealkylation sites (N-methyl/N-ethyl adjacent to an activating group) is 1. The van der Waals surface area contributed by atoms with Crippen LogP contribution in [0.5, 0.6) is 0 Å². The summed E-state index contributed by atoms with van der Waals surface area (Å²) in [6, 6.07) is 0.663. The van der Waals surface area contributed by atoms with Crippen molar-refractivity contribution in [3.05, 3.63) is 0 Å². The van der Waals surface area contributed by atoms with Crippen LogP contribution in [0, 0.1) is 5.92 Å². The van der Waals surface area contributed by atoms with Gasteiger partial charge in [-0.15, -0.1) is 0 Å². The summed E-state index contributed by atoms with van der Waals surface area (Å²) in [5.74, 6) is 0.582. The Balaban J connectivity index is 1.63. The number of nitrogens with zero attached hydrogens (tertiary/aromatic N) is 2. The molecule has 2 heterocycles. The molecule has 0 aromatic carbocycles. The zero-order valence-corrected chi connectivity index (χ0v) is 10.0. The molecule has 3 fully saturated rings. The molecule has 0 amide bonds. The molecule has 0 spiro atoms. The zero-order chi connectivity index (χ0) is 11.1. The van der Waals surface area contributed by atoms with Gasteiger partial charge in [0.2, 0.25) is 0 Å². The van der Waals surface area contributed by atoms with E-state index in [2.05, 4.69) is 16.8 Å². The molecule has 0 radical (unpaired) electrons. The minimum absolute atomic E-state index is 0.333. The first-order valence-corrected chi connectivity index (χ1v) is 6.50. The second kappa shape index (κ2) is 4.26. The fourth-order valence-corrected chi connectivity index (χ4v) is 3.59. The fraction of sp³-hybridized carbons (Fsp3) is 1.00. The number of ether oxygens (including phenoxy) is 1. The predicted molar refractivity (Wildman–Crippen MR) is 61.1 cm³/mol. The molecule has 1 saturated carbocycles. The van der Waals surface area contributed by atoms with Crippen LogP contribution in [-0.2, 0) is 4.74 Å². The molecule has 0 bridgehead atoms. The summed E-state index contributed by atoms with van der Waals surface area (Å²) >= 11 is 0.